The van der Waals surface area contributed by atoms with Gasteiger partial charge in [-0.1, -0.05) is 0 Å². The van der Waals surface area contributed by atoms with Gasteiger partial charge in [-0.15, -0.1) is 0 Å². The lowest BCUT2D eigenvalue weighted by molar-refractivity contribution is -0.116. The fourth-order valence-electron chi connectivity index (χ4n) is 2.61. The Balaban J connectivity index is 2.49. The number of rotatable bonds is 2. The van der Waals surface area contributed by atoms with Crippen LogP contribution in [0.3, 0.4) is 0 Å². The number of hydrogen-bond acceptors (Lipinski definition) is 2. The van der Waals surface area contributed by atoms with E-state index in [0.29, 0.717) is 12.2 Å². The van der Waals surface area contributed by atoms with E-state index < -0.39 is 0 Å². The van der Waals surface area contributed by atoms with Crippen molar-refractivity contribution in [1.29, 1.82) is 0 Å². The topological polar surface area (TPSA) is 37.3 Å². The highest BCUT2D eigenvalue weighted by atomic mass is 16.3. The molecular formula is C14H18O2. The van der Waals surface area contributed by atoms with Crippen molar-refractivity contribution in [3.63, 3.8) is 0 Å². The van der Waals surface area contributed by atoms with Gasteiger partial charge in [0.25, 0.3) is 0 Å². The maximum Gasteiger partial charge on any atom is 0.134 e. The Morgan fingerprint density at radius 1 is 1.38 bits per heavy atom. The van der Waals surface area contributed by atoms with Crippen molar-refractivity contribution >= 4 is 5.78 Å². The molecule has 0 saturated carbocycles. The second kappa shape index (κ2) is 4.28. The Morgan fingerprint density at radius 3 is 2.75 bits per heavy atom. The first-order chi connectivity index (χ1) is 7.59. The molecule has 1 N–H and O–H groups in total. The van der Waals surface area contributed by atoms with Crippen LogP contribution in [0.4, 0.5) is 0 Å². The molecule has 0 amide bonds. The van der Waals surface area contributed by atoms with Crippen LogP contribution in [0.2, 0.25) is 0 Å². The Morgan fingerprint density at radius 2 is 2.06 bits per heavy atom. The summed E-state index contributed by atoms with van der Waals surface area (Å²) < 4.78 is 0. The molecule has 0 aliphatic heterocycles. The lowest BCUT2D eigenvalue weighted by atomic mass is 9.85. The maximum absolute atomic E-state index is 11.2. The predicted octanol–water partition coefficient (Wildman–Crippen LogP) is 2.71. The van der Waals surface area contributed by atoms with Crippen LogP contribution in [0.5, 0.6) is 5.75 Å². The molecule has 1 aliphatic carbocycles. The van der Waals surface area contributed by atoms with Gasteiger partial charge in [-0.25, -0.2) is 0 Å². The second-order valence-corrected chi connectivity index (χ2v) is 4.72. The van der Waals surface area contributed by atoms with E-state index in [1.807, 2.05) is 13.0 Å². The summed E-state index contributed by atoms with van der Waals surface area (Å²) in [6, 6.07) is 1.86. The number of fused-ring (bicyclic) bond motifs is 1. The highest BCUT2D eigenvalue weighted by molar-refractivity contribution is 5.79. The molecular weight excluding hydrogens is 200 g/mol. The molecule has 0 unspecified atom stereocenters. The number of carbonyl (C=O) groups excluding carboxylic acids is 1. The zero-order chi connectivity index (χ0) is 11.7. The molecule has 1 aliphatic rings. The molecule has 2 heteroatoms. The van der Waals surface area contributed by atoms with Gasteiger partial charge in [0.05, 0.1) is 0 Å². The first kappa shape index (κ1) is 11.2. The number of aromatic hydroxyl groups is 1. The summed E-state index contributed by atoms with van der Waals surface area (Å²) in [5.41, 5.74) is 4.59. The molecule has 86 valence electrons. The molecule has 0 heterocycles. The van der Waals surface area contributed by atoms with Crippen molar-refractivity contribution in [2.75, 3.05) is 0 Å². The van der Waals surface area contributed by atoms with Gasteiger partial charge in [0.2, 0.25) is 0 Å². The van der Waals surface area contributed by atoms with E-state index in [-0.39, 0.29) is 5.78 Å². The SMILES string of the molecule is CC(=O)Cc1c(O)cc2c(c1C)CCCC2. The van der Waals surface area contributed by atoms with Crippen molar-refractivity contribution in [2.45, 2.75) is 46.0 Å². The summed E-state index contributed by atoms with van der Waals surface area (Å²) >= 11 is 0. The number of phenols is 1. The average molecular weight is 218 g/mol. The van der Waals surface area contributed by atoms with Crippen molar-refractivity contribution < 1.29 is 9.90 Å². The average Bonchev–Trinajstić information content (AvgIpc) is 2.24. The number of Topliss-reactive ketones (excluding diaryl/α,β-unsaturated/α-hetero) is 1. The van der Waals surface area contributed by atoms with E-state index in [9.17, 15) is 9.90 Å². The molecule has 2 rings (SSSR count). The van der Waals surface area contributed by atoms with E-state index in [2.05, 4.69) is 0 Å². The smallest absolute Gasteiger partial charge is 0.134 e. The van der Waals surface area contributed by atoms with Gasteiger partial charge in [0.15, 0.2) is 0 Å². The first-order valence-corrected chi connectivity index (χ1v) is 5.92. The van der Waals surface area contributed by atoms with Crippen LogP contribution in [0, 0.1) is 6.92 Å². The van der Waals surface area contributed by atoms with Crippen molar-refractivity contribution in [1.82, 2.24) is 0 Å². The lowest BCUT2D eigenvalue weighted by Crippen LogP contribution is -2.09. The molecule has 16 heavy (non-hydrogen) atoms. The first-order valence-electron chi connectivity index (χ1n) is 5.92. The molecule has 0 aromatic heterocycles. The molecule has 1 aromatic rings. The third-order valence-electron chi connectivity index (χ3n) is 3.46. The minimum Gasteiger partial charge on any atom is -0.508 e. The summed E-state index contributed by atoms with van der Waals surface area (Å²) in [5, 5.41) is 9.94. The maximum atomic E-state index is 11.2. The molecule has 0 bridgehead atoms. The minimum atomic E-state index is 0.106. The van der Waals surface area contributed by atoms with E-state index in [1.165, 1.54) is 24.0 Å². The molecule has 1 aromatic carbocycles. The Kier molecular flexibility index (Phi) is 2.99. The molecule has 0 atom stereocenters. The summed E-state index contributed by atoms with van der Waals surface area (Å²) in [7, 11) is 0. The highest BCUT2D eigenvalue weighted by Crippen LogP contribution is 2.32. The summed E-state index contributed by atoms with van der Waals surface area (Å²) in [5.74, 6) is 0.405. The number of ketones is 1. The normalized spacial score (nSPS) is 14.6. The Hall–Kier alpha value is -1.31. The van der Waals surface area contributed by atoms with Crippen LogP contribution in [0.25, 0.3) is 0 Å². The molecule has 0 saturated heterocycles. The quantitative estimate of drug-likeness (QED) is 0.828. The number of aryl methyl sites for hydroxylation is 1. The number of phenolic OH excluding ortho intramolecular Hbond substituents is 1. The van der Waals surface area contributed by atoms with Crippen molar-refractivity contribution in [3.8, 4) is 5.75 Å². The molecule has 0 spiro atoms. The fraction of sp³-hybridized carbons (Fsp3) is 0.500. The third-order valence-corrected chi connectivity index (χ3v) is 3.46. The van der Waals surface area contributed by atoms with Crippen molar-refractivity contribution in [3.05, 3.63) is 28.3 Å². The zero-order valence-corrected chi connectivity index (χ0v) is 9.97. The molecule has 0 fully saturated rings. The second-order valence-electron chi connectivity index (χ2n) is 4.72. The van der Waals surface area contributed by atoms with Gasteiger partial charge in [-0.05, 0) is 62.3 Å². The number of benzene rings is 1. The minimum absolute atomic E-state index is 0.106. The van der Waals surface area contributed by atoms with Gasteiger partial charge in [-0.3, -0.25) is 4.79 Å². The van der Waals surface area contributed by atoms with Crippen molar-refractivity contribution in [2.24, 2.45) is 0 Å². The molecule has 2 nitrogen and oxygen atoms in total. The van der Waals surface area contributed by atoms with E-state index in [4.69, 9.17) is 0 Å². The van der Waals surface area contributed by atoms with Gasteiger partial charge >= 0.3 is 0 Å². The largest absolute Gasteiger partial charge is 0.508 e. The van der Waals surface area contributed by atoms with Gasteiger partial charge in [0, 0.05) is 12.0 Å². The van der Waals surface area contributed by atoms with Crippen LogP contribution in [-0.4, -0.2) is 10.9 Å². The van der Waals surface area contributed by atoms with Gasteiger partial charge in [-0.2, -0.15) is 0 Å². The highest BCUT2D eigenvalue weighted by Gasteiger charge is 2.17. The predicted molar refractivity (Wildman–Crippen MR) is 63.9 cm³/mol. The van der Waals surface area contributed by atoms with Crippen LogP contribution in [0.15, 0.2) is 6.07 Å². The summed E-state index contributed by atoms with van der Waals surface area (Å²) in [4.78, 5) is 11.2. The van der Waals surface area contributed by atoms with E-state index >= 15 is 0 Å². The summed E-state index contributed by atoms with van der Waals surface area (Å²) in [6.07, 6.45) is 4.93. The molecule has 0 radical (unpaired) electrons. The lowest BCUT2D eigenvalue weighted by Gasteiger charge is -2.21. The number of carbonyl (C=O) groups is 1. The monoisotopic (exact) mass is 218 g/mol. The van der Waals surface area contributed by atoms with E-state index in [1.54, 1.807) is 6.92 Å². The Bertz CT molecular complexity index is 433. The summed E-state index contributed by atoms with van der Waals surface area (Å²) in [6.45, 7) is 3.60. The van der Waals surface area contributed by atoms with Crippen LogP contribution in [-0.2, 0) is 24.1 Å². The third kappa shape index (κ3) is 1.97. The van der Waals surface area contributed by atoms with Crippen LogP contribution >= 0.6 is 0 Å². The van der Waals surface area contributed by atoms with Crippen LogP contribution < -0.4 is 0 Å². The number of hydrogen-bond donors (Lipinski definition) is 1. The standard InChI is InChI=1S/C14H18O2/c1-9(15)7-13-10(2)12-6-4-3-5-11(12)8-14(13)16/h8,16H,3-7H2,1-2H3. The fourth-order valence-corrected chi connectivity index (χ4v) is 2.61. The van der Waals surface area contributed by atoms with E-state index in [0.717, 1.165) is 24.0 Å². The Labute approximate surface area is 96.3 Å². The van der Waals surface area contributed by atoms with Gasteiger partial charge in [0.1, 0.15) is 11.5 Å². The van der Waals surface area contributed by atoms with Gasteiger partial charge < -0.3 is 5.11 Å². The van der Waals surface area contributed by atoms with Crippen LogP contribution in [0.1, 0.15) is 42.0 Å². The zero-order valence-electron chi connectivity index (χ0n) is 9.97.